The minimum atomic E-state index is -1.24. The van der Waals surface area contributed by atoms with Gasteiger partial charge in [0.25, 0.3) is 0 Å². The fraction of sp³-hybridized carbons (Fsp3) is 0.429. The predicted molar refractivity (Wildman–Crippen MR) is 68.5 cm³/mol. The van der Waals surface area contributed by atoms with E-state index < -0.39 is 5.97 Å². The summed E-state index contributed by atoms with van der Waals surface area (Å²) in [5, 5.41) is 13.2. The molecule has 0 bridgehead atoms. The molecule has 0 saturated heterocycles. The topological polar surface area (TPSA) is 69.2 Å². The van der Waals surface area contributed by atoms with Crippen molar-refractivity contribution < 1.29 is 48.6 Å². The van der Waals surface area contributed by atoms with E-state index in [9.17, 15) is 19.1 Å². The maximum absolute atomic E-state index is 11.8. The van der Waals surface area contributed by atoms with Crippen molar-refractivity contribution in [1.29, 1.82) is 0 Å². The quantitative estimate of drug-likeness (QED) is 0.488. The van der Waals surface area contributed by atoms with Crippen LogP contribution in [0, 0.1) is 0 Å². The molecule has 20 heavy (non-hydrogen) atoms. The summed E-state index contributed by atoms with van der Waals surface area (Å²) in [7, 11) is 0. The van der Waals surface area contributed by atoms with Crippen LogP contribution >= 0.6 is 0 Å². The first-order chi connectivity index (χ1) is 9.13. The number of carboxylic acid groups (broad SMARTS) is 1. The summed E-state index contributed by atoms with van der Waals surface area (Å²) in [6.07, 6.45) is 3.29. The summed E-state index contributed by atoms with van der Waals surface area (Å²) in [5.74, 6) is -1.37. The summed E-state index contributed by atoms with van der Waals surface area (Å²) in [5.41, 5.74) is 0.628. The molecule has 6 heteroatoms. The number of halogens is 1. The molecule has 0 aliphatic heterocycles. The van der Waals surface area contributed by atoms with E-state index in [1.54, 1.807) is 0 Å². The van der Waals surface area contributed by atoms with Crippen LogP contribution in [0.15, 0.2) is 24.3 Å². The summed E-state index contributed by atoms with van der Waals surface area (Å²) < 4.78 is 11.8. The monoisotopic (exact) mass is 289 g/mol. The van der Waals surface area contributed by atoms with Crippen molar-refractivity contribution in [3.05, 3.63) is 29.8 Å². The molecule has 0 atom stereocenters. The molecule has 0 saturated carbocycles. The number of nitrogens with one attached hydrogen (secondary N) is 1. The van der Waals surface area contributed by atoms with Gasteiger partial charge in [0.05, 0.1) is 12.6 Å². The van der Waals surface area contributed by atoms with Crippen LogP contribution in [0.25, 0.3) is 0 Å². The van der Waals surface area contributed by atoms with Crippen molar-refractivity contribution in [2.45, 2.75) is 32.1 Å². The number of alkyl halides is 1. The van der Waals surface area contributed by atoms with Gasteiger partial charge in [-0.3, -0.25) is 9.18 Å². The Hall–Kier alpha value is -0.910. The molecule has 1 aromatic carbocycles. The van der Waals surface area contributed by atoms with Crippen LogP contribution in [0.5, 0.6) is 0 Å². The maximum atomic E-state index is 11.8. The third kappa shape index (κ3) is 7.62. The average Bonchev–Trinajstić information content (AvgIpc) is 2.39. The third-order valence-corrected chi connectivity index (χ3v) is 2.69. The zero-order valence-corrected chi connectivity index (χ0v) is 13.7. The standard InChI is InChI=1S/C14H18FNO3.Na/c15-10-4-2-1-3-5-13(17)16-12-8-6-11(7-9-12)14(18)19;/h6-9H,1-5,10H2,(H,16,17)(H,18,19);/q;+1/p-1. The molecule has 4 nitrogen and oxygen atoms in total. The molecule has 0 unspecified atom stereocenters. The zero-order chi connectivity index (χ0) is 14.1. The Morgan fingerprint density at radius 2 is 1.65 bits per heavy atom. The van der Waals surface area contributed by atoms with Crippen molar-refractivity contribution in [3.63, 3.8) is 0 Å². The number of carbonyl (C=O) groups is 2. The first-order valence-corrected chi connectivity index (χ1v) is 6.30. The molecular formula is C14H17FNNaO3. The molecule has 0 aliphatic rings. The number of amides is 1. The SMILES string of the molecule is O=C(CCCCCCF)Nc1ccc(C(=O)[O-])cc1.[Na+]. The molecular weight excluding hydrogens is 272 g/mol. The Morgan fingerprint density at radius 1 is 1.05 bits per heavy atom. The van der Waals surface area contributed by atoms with Crippen molar-refractivity contribution in [2.24, 2.45) is 0 Å². The zero-order valence-electron chi connectivity index (χ0n) is 11.7. The van der Waals surface area contributed by atoms with Gasteiger partial charge in [0.15, 0.2) is 0 Å². The van der Waals surface area contributed by atoms with Crippen molar-refractivity contribution >= 4 is 17.6 Å². The Morgan fingerprint density at radius 3 is 2.20 bits per heavy atom. The van der Waals surface area contributed by atoms with Gasteiger partial charge in [0, 0.05) is 12.1 Å². The number of benzene rings is 1. The second-order valence-electron chi connectivity index (χ2n) is 4.27. The van der Waals surface area contributed by atoms with Crippen LogP contribution in [0.4, 0.5) is 10.1 Å². The summed E-state index contributed by atoms with van der Waals surface area (Å²) in [6, 6.07) is 5.80. The van der Waals surface area contributed by atoms with E-state index in [4.69, 9.17) is 0 Å². The van der Waals surface area contributed by atoms with Crippen LogP contribution in [-0.2, 0) is 4.79 Å². The number of hydrogen-bond acceptors (Lipinski definition) is 3. The third-order valence-electron chi connectivity index (χ3n) is 2.69. The van der Waals surface area contributed by atoms with Gasteiger partial charge in [-0.1, -0.05) is 25.0 Å². The van der Waals surface area contributed by atoms with Gasteiger partial charge in [-0.2, -0.15) is 0 Å². The van der Waals surface area contributed by atoms with Crippen LogP contribution in [0.3, 0.4) is 0 Å². The molecule has 0 spiro atoms. The van der Waals surface area contributed by atoms with E-state index in [1.165, 1.54) is 24.3 Å². The normalized spacial score (nSPS) is 9.65. The van der Waals surface area contributed by atoms with Crippen LogP contribution in [-0.4, -0.2) is 18.6 Å². The predicted octanol–water partition coefficient (Wildman–Crippen LogP) is -1.09. The van der Waals surface area contributed by atoms with E-state index in [-0.39, 0.29) is 47.7 Å². The number of anilines is 1. The molecule has 104 valence electrons. The van der Waals surface area contributed by atoms with Crippen molar-refractivity contribution in [3.8, 4) is 0 Å². The molecule has 0 aromatic heterocycles. The second kappa shape index (κ2) is 10.8. The molecule has 0 aliphatic carbocycles. The molecule has 0 fully saturated rings. The van der Waals surface area contributed by atoms with Crippen LogP contribution in [0.2, 0.25) is 0 Å². The molecule has 0 radical (unpaired) electrons. The number of aromatic carboxylic acids is 1. The Bertz CT molecular complexity index is 423. The number of carbonyl (C=O) groups excluding carboxylic acids is 2. The first-order valence-electron chi connectivity index (χ1n) is 6.30. The van der Waals surface area contributed by atoms with E-state index in [0.717, 1.165) is 19.3 Å². The Labute approximate surface area is 140 Å². The maximum Gasteiger partial charge on any atom is 1.00 e. The van der Waals surface area contributed by atoms with Gasteiger partial charge in [0.2, 0.25) is 5.91 Å². The van der Waals surface area contributed by atoms with Crippen LogP contribution in [0.1, 0.15) is 42.5 Å². The number of carboxylic acids is 1. The number of rotatable bonds is 8. The fourth-order valence-corrected chi connectivity index (χ4v) is 1.65. The number of unbranched alkanes of at least 4 members (excludes halogenated alkanes) is 3. The van der Waals surface area contributed by atoms with Gasteiger partial charge in [-0.15, -0.1) is 0 Å². The molecule has 0 heterocycles. The minimum Gasteiger partial charge on any atom is -0.545 e. The fourth-order valence-electron chi connectivity index (χ4n) is 1.65. The van der Waals surface area contributed by atoms with Gasteiger partial charge in [0.1, 0.15) is 0 Å². The average molecular weight is 289 g/mol. The van der Waals surface area contributed by atoms with Crippen molar-refractivity contribution in [1.82, 2.24) is 0 Å². The molecule has 1 aromatic rings. The van der Waals surface area contributed by atoms with Gasteiger partial charge in [-0.05, 0) is 30.5 Å². The molecule has 1 rings (SSSR count). The minimum absolute atomic E-state index is 0. The molecule has 1 N–H and O–H groups in total. The Balaban J connectivity index is 0.00000361. The van der Waals surface area contributed by atoms with Gasteiger partial charge < -0.3 is 15.2 Å². The number of hydrogen-bond donors (Lipinski definition) is 1. The van der Waals surface area contributed by atoms with E-state index in [1.807, 2.05) is 0 Å². The van der Waals surface area contributed by atoms with E-state index in [0.29, 0.717) is 18.5 Å². The van der Waals surface area contributed by atoms with Gasteiger partial charge in [-0.25, -0.2) is 0 Å². The first kappa shape index (κ1) is 19.1. The van der Waals surface area contributed by atoms with E-state index >= 15 is 0 Å². The molecule has 1 amide bonds. The summed E-state index contributed by atoms with van der Waals surface area (Å²) in [4.78, 5) is 22.1. The van der Waals surface area contributed by atoms with Gasteiger partial charge >= 0.3 is 29.6 Å². The summed E-state index contributed by atoms with van der Waals surface area (Å²) in [6.45, 7) is -0.309. The smallest absolute Gasteiger partial charge is 0.545 e. The van der Waals surface area contributed by atoms with Crippen molar-refractivity contribution in [2.75, 3.05) is 12.0 Å². The largest absolute Gasteiger partial charge is 1.00 e. The summed E-state index contributed by atoms with van der Waals surface area (Å²) >= 11 is 0. The van der Waals surface area contributed by atoms with Crippen LogP contribution < -0.4 is 40.0 Å². The van der Waals surface area contributed by atoms with E-state index in [2.05, 4.69) is 5.32 Å². The second-order valence-corrected chi connectivity index (χ2v) is 4.27. The Kier molecular flexibility index (Phi) is 10.3.